The average Bonchev–Trinajstić information content (AvgIpc) is 2.82. The van der Waals surface area contributed by atoms with Gasteiger partial charge in [0.05, 0.1) is 11.0 Å². The number of hydrogen-bond donors (Lipinski definition) is 3. The first-order valence-electron chi connectivity index (χ1n) is 4.87. The van der Waals surface area contributed by atoms with E-state index in [0.717, 1.165) is 12.8 Å². The van der Waals surface area contributed by atoms with E-state index < -0.39 is 0 Å². The Morgan fingerprint density at radius 2 is 2.07 bits per heavy atom. The van der Waals surface area contributed by atoms with Crippen LogP contribution in [0.4, 0.5) is 4.79 Å². The maximum Gasteiger partial charge on any atom is 0.315 e. The Hall–Kier alpha value is -0.840. The van der Waals surface area contributed by atoms with Crippen molar-refractivity contribution >= 4 is 23.2 Å². The molecule has 5 heteroatoms. The Morgan fingerprint density at radius 3 is 2.43 bits per heavy atom. The van der Waals surface area contributed by atoms with Crippen LogP contribution >= 0.6 is 12.2 Å². The first-order valence-corrected chi connectivity index (χ1v) is 5.28. The number of urea groups is 1. The molecule has 1 unspecified atom stereocenters. The van der Waals surface area contributed by atoms with Crippen molar-refractivity contribution in [1.82, 2.24) is 10.6 Å². The topological polar surface area (TPSA) is 67.2 Å². The number of rotatable bonds is 4. The molecule has 1 rings (SSSR count). The Bertz CT molecular complexity index is 238. The maximum atomic E-state index is 11.4. The molecular formula is C9H17N3OS. The molecular weight excluding hydrogens is 198 g/mol. The summed E-state index contributed by atoms with van der Waals surface area (Å²) in [7, 11) is 0. The summed E-state index contributed by atoms with van der Waals surface area (Å²) < 4.78 is 0. The van der Waals surface area contributed by atoms with E-state index in [1.54, 1.807) is 0 Å². The lowest BCUT2D eigenvalue weighted by Crippen LogP contribution is -2.50. The van der Waals surface area contributed by atoms with E-state index in [9.17, 15) is 4.79 Å². The van der Waals surface area contributed by atoms with Crippen molar-refractivity contribution in [3.63, 3.8) is 0 Å². The lowest BCUT2D eigenvalue weighted by atomic mass is 10.1. The highest BCUT2D eigenvalue weighted by atomic mass is 32.1. The molecule has 0 heterocycles. The van der Waals surface area contributed by atoms with E-state index in [1.807, 2.05) is 13.8 Å². The van der Waals surface area contributed by atoms with Gasteiger partial charge in [-0.3, -0.25) is 0 Å². The summed E-state index contributed by atoms with van der Waals surface area (Å²) in [5, 5.41) is 5.60. The van der Waals surface area contributed by atoms with Gasteiger partial charge in [0.15, 0.2) is 0 Å². The molecule has 0 spiro atoms. The summed E-state index contributed by atoms with van der Waals surface area (Å²) in [4.78, 5) is 11.7. The summed E-state index contributed by atoms with van der Waals surface area (Å²) in [6.07, 6.45) is 2.15. The van der Waals surface area contributed by atoms with E-state index in [4.69, 9.17) is 18.0 Å². The fourth-order valence-electron chi connectivity index (χ4n) is 1.16. The van der Waals surface area contributed by atoms with Gasteiger partial charge < -0.3 is 16.4 Å². The highest BCUT2D eigenvalue weighted by molar-refractivity contribution is 7.80. The van der Waals surface area contributed by atoms with Crippen LogP contribution < -0.4 is 16.4 Å². The number of thiocarbonyl (C=S) groups is 1. The highest BCUT2D eigenvalue weighted by Gasteiger charge is 2.25. The van der Waals surface area contributed by atoms with Crippen LogP contribution in [0.3, 0.4) is 0 Å². The van der Waals surface area contributed by atoms with Gasteiger partial charge in [-0.25, -0.2) is 4.79 Å². The van der Waals surface area contributed by atoms with Gasteiger partial charge in [0.1, 0.15) is 0 Å². The molecule has 0 radical (unpaired) electrons. The van der Waals surface area contributed by atoms with Crippen molar-refractivity contribution in [2.24, 2.45) is 11.7 Å². The van der Waals surface area contributed by atoms with Gasteiger partial charge in [0, 0.05) is 6.04 Å². The van der Waals surface area contributed by atoms with Crippen molar-refractivity contribution in [3.05, 3.63) is 0 Å². The molecule has 14 heavy (non-hydrogen) atoms. The molecule has 0 saturated heterocycles. The van der Waals surface area contributed by atoms with Crippen molar-refractivity contribution in [1.29, 1.82) is 0 Å². The first-order chi connectivity index (χ1) is 6.50. The van der Waals surface area contributed by atoms with Gasteiger partial charge >= 0.3 is 6.03 Å². The van der Waals surface area contributed by atoms with Crippen LogP contribution in [0.15, 0.2) is 0 Å². The summed E-state index contributed by atoms with van der Waals surface area (Å²) >= 11 is 4.88. The Kier molecular flexibility index (Phi) is 3.69. The maximum absolute atomic E-state index is 11.4. The Labute approximate surface area is 89.6 Å². The lowest BCUT2D eigenvalue weighted by molar-refractivity contribution is 0.237. The van der Waals surface area contributed by atoms with Crippen LogP contribution in [0, 0.1) is 5.92 Å². The molecule has 80 valence electrons. The van der Waals surface area contributed by atoms with Crippen molar-refractivity contribution in [2.45, 2.75) is 38.8 Å². The lowest BCUT2D eigenvalue weighted by Gasteiger charge is -2.21. The molecule has 1 fully saturated rings. The van der Waals surface area contributed by atoms with Gasteiger partial charge in [-0.05, 0) is 18.8 Å². The van der Waals surface area contributed by atoms with E-state index in [0.29, 0.717) is 11.0 Å². The second kappa shape index (κ2) is 4.59. The molecule has 4 N–H and O–H groups in total. The van der Waals surface area contributed by atoms with Crippen molar-refractivity contribution in [2.75, 3.05) is 0 Å². The smallest absolute Gasteiger partial charge is 0.315 e. The minimum atomic E-state index is -0.219. The molecule has 0 aromatic heterocycles. The number of hydrogen-bond acceptors (Lipinski definition) is 2. The minimum Gasteiger partial charge on any atom is -0.392 e. The number of nitrogens with two attached hydrogens (primary N) is 1. The van der Waals surface area contributed by atoms with E-state index in [-0.39, 0.29) is 18.0 Å². The number of nitrogens with one attached hydrogen (secondary N) is 2. The zero-order valence-electron chi connectivity index (χ0n) is 8.54. The quantitative estimate of drug-likeness (QED) is 0.606. The second-order valence-electron chi connectivity index (χ2n) is 4.02. The molecule has 1 saturated carbocycles. The second-order valence-corrected chi connectivity index (χ2v) is 4.49. The first kappa shape index (κ1) is 11.2. The molecule has 1 aliphatic carbocycles. The zero-order chi connectivity index (χ0) is 10.7. The van der Waals surface area contributed by atoms with Crippen molar-refractivity contribution in [3.8, 4) is 0 Å². The minimum absolute atomic E-state index is 0.168. The average molecular weight is 215 g/mol. The van der Waals surface area contributed by atoms with Gasteiger partial charge in [0.2, 0.25) is 0 Å². The normalized spacial score (nSPS) is 17.6. The summed E-state index contributed by atoms with van der Waals surface area (Å²) in [6, 6.07) is -0.0306. The predicted molar refractivity (Wildman–Crippen MR) is 60.1 cm³/mol. The highest BCUT2D eigenvalue weighted by Crippen LogP contribution is 2.18. The van der Waals surface area contributed by atoms with Crippen LogP contribution in [0.2, 0.25) is 0 Å². The van der Waals surface area contributed by atoms with Crippen LogP contribution in [0.5, 0.6) is 0 Å². The van der Waals surface area contributed by atoms with Gasteiger partial charge in [-0.1, -0.05) is 26.1 Å². The number of carbonyl (C=O) groups is 1. The summed E-state index contributed by atoms with van der Waals surface area (Å²) in [5.74, 6) is 0.220. The molecule has 0 aliphatic heterocycles. The molecule has 4 nitrogen and oxygen atoms in total. The fourth-order valence-corrected chi connectivity index (χ4v) is 1.49. The Morgan fingerprint density at radius 1 is 1.50 bits per heavy atom. The monoisotopic (exact) mass is 215 g/mol. The molecule has 0 aromatic rings. The molecule has 0 aromatic carbocycles. The third-order valence-electron chi connectivity index (χ3n) is 2.17. The number of amides is 2. The summed E-state index contributed by atoms with van der Waals surface area (Å²) in [5.41, 5.74) is 5.52. The SMILES string of the molecule is CC(C)C(NC(=O)NC1CC1)C(N)=S. The van der Waals surface area contributed by atoms with E-state index in [1.165, 1.54) is 0 Å². The molecule has 1 atom stereocenters. The molecule has 1 aliphatic rings. The van der Waals surface area contributed by atoms with Crippen LogP contribution in [0.25, 0.3) is 0 Å². The zero-order valence-corrected chi connectivity index (χ0v) is 9.36. The van der Waals surface area contributed by atoms with Crippen LogP contribution in [0.1, 0.15) is 26.7 Å². The molecule has 0 bridgehead atoms. The molecule has 2 amide bonds. The summed E-state index contributed by atoms with van der Waals surface area (Å²) in [6.45, 7) is 3.95. The van der Waals surface area contributed by atoms with Gasteiger partial charge in [-0.15, -0.1) is 0 Å². The fraction of sp³-hybridized carbons (Fsp3) is 0.778. The van der Waals surface area contributed by atoms with Gasteiger partial charge in [0.25, 0.3) is 0 Å². The standard InChI is InChI=1S/C9H17N3OS/c1-5(2)7(8(10)14)12-9(13)11-6-3-4-6/h5-7H,3-4H2,1-2H3,(H2,10,14)(H2,11,12,13). The number of carbonyl (C=O) groups excluding carboxylic acids is 1. The van der Waals surface area contributed by atoms with Crippen molar-refractivity contribution < 1.29 is 4.79 Å². The van der Waals surface area contributed by atoms with Crippen LogP contribution in [-0.2, 0) is 0 Å². The third-order valence-corrected chi connectivity index (χ3v) is 2.43. The largest absolute Gasteiger partial charge is 0.392 e. The van der Waals surface area contributed by atoms with Crippen LogP contribution in [-0.4, -0.2) is 23.1 Å². The van der Waals surface area contributed by atoms with E-state index >= 15 is 0 Å². The van der Waals surface area contributed by atoms with Gasteiger partial charge in [-0.2, -0.15) is 0 Å². The Balaban J connectivity index is 2.37. The third kappa shape index (κ3) is 3.49. The predicted octanol–water partition coefficient (Wildman–Crippen LogP) is 0.759. The van der Waals surface area contributed by atoms with E-state index in [2.05, 4.69) is 10.6 Å².